The van der Waals surface area contributed by atoms with Crippen LogP contribution in [0.1, 0.15) is 18.4 Å². The van der Waals surface area contributed by atoms with Gasteiger partial charge in [-0.1, -0.05) is 30.3 Å². The monoisotopic (exact) mass is 360 g/mol. The van der Waals surface area contributed by atoms with E-state index in [4.69, 9.17) is 9.59 Å². The van der Waals surface area contributed by atoms with Gasteiger partial charge in [-0.2, -0.15) is 9.59 Å². The molecule has 1 unspecified atom stereocenters. The summed E-state index contributed by atoms with van der Waals surface area (Å²) in [5.74, 6) is -0.166. The molecule has 6 heteroatoms. The van der Waals surface area contributed by atoms with Gasteiger partial charge >= 0.3 is 6.15 Å². The zero-order valence-corrected chi connectivity index (χ0v) is 14.9. The summed E-state index contributed by atoms with van der Waals surface area (Å²) in [6, 6.07) is 15.4. The van der Waals surface area contributed by atoms with Crippen molar-refractivity contribution in [3.63, 3.8) is 0 Å². The maximum absolute atomic E-state index is 14.2. The highest BCUT2D eigenvalue weighted by molar-refractivity contribution is 8.01. The summed E-state index contributed by atoms with van der Waals surface area (Å²) >= 11 is 1.76. The van der Waals surface area contributed by atoms with Gasteiger partial charge in [0.2, 0.25) is 0 Å². The van der Waals surface area contributed by atoms with Crippen LogP contribution >= 0.6 is 11.9 Å². The van der Waals surface area contributed by atoms with Gasteiger partial charge in [0.05, 0.1) is 11.4 Å². The molecule has 2 aromatic carbocycles. The van der Waals surface area contributed by atoms with Gasteiger partial charge in [-0.3, -0.25) is 4.31 Å². The summed E-state index contributed by atoms with van der Waals surface area (Å²) in [6.07, 6.45) is 3.57. The molecule has 0 fully saturated rings. The fourth-order valence-corrected chi connectivity index (χ4v) is 4.21. The Morgan fingerprint density at radius 2 is 1.80 bits per heavy atom. The first-order valence-electron chi connectivity index (χ1n) is 8.14. The van der Waals surface area contributed by atoms with Gasteiger partial charge in [0.15, 0.2) is 0 Å². The summed E-state index contributed by atoms with van der Waals surface area (Å²) < 4.78 is 16.3. The molecule has 0 radical (unpaired) electrons. The zero-order valence-electron chi connectivity index (χ0n) is 14.1. The van der Waals surface area contributed by atoms with Gasteiger partial charge in [0.1, 0.15) is 5.82 Å². The first kappa shape index (κ1) is 19.2. The summed E-state index contributed by atoms with van der Waals surface area (Å²) in [6.45, 7) is 1.03. The molecule has 0 aliphatic carbocycles. The van der Waals surface area contributed by atoms with Crippen molar-refractivity contribution in [1.29, 1.82) is 0 Å². The lowest BCUT2D eigenvalue weighted by atomic mass is 10.0. The molecule has 2 aromatic rings. The fourth-order valence-electron chi connectivity index (χ4n) is 2.83. The number of nitrogens with one attached hydrogen (secondary N) is 1. The van der Waals surface area contributed by atoms with Crippen molar-refractivity contribution in [2.45, 2.75) is 24.5 Å². The van der Waals surface area contributed by atoms with Crippen molar-refractivity contribution in [3.8, 4) is 0 Å². The molecule has 1 aliphatic rings. The molecule has 1 N–H and O–H groups in total. The molecule has 0 amide bonds. The van der Waals surface area contributed by atoms with Gasteiger partial charge < -0.3 is 5.32 Å². The Labute approximate surface area is 151 Å². The van der Waals surface area contributed by atoms with Crippen molar-refractivity contribution in [2.75, 3.05) is 17.9 Å². The number of hydrogen-bond donors (Lipinski definition) is 1. The second kappa shape index (κ2) is 9.99. The summed E-state index contributed by atoms with van der Waals surface area (Å²) in [4.78, 5) is 16.2. The number of anilines is 2. The van der Waals surface area contributed by atoms with Crippen LogP contribution in [0.5, 0.6) is 0 Å². The van der Waals surface area contributed by atoms with Crippen molar-refractivity contribution in [1.82, 2.24) is 5.32 Å². The number of para-hydroxylation sites is 2. The molecule has 0 aromatic heterocycles. The number of fused-ring (bicyclic) bond motifs is 1. The smallest absolute Gasteiger partial charge is 0.320 e. The summed E-state index contributed by atoms with van der Waals surface area (Å²) in [7, 11) is 1.98. The van der Waals surface area contributed by atoms with Crippen molar-refractivity contribution < 1.29 is 14.0 Å². The van der Waals surface area contributed by atoms with Gasteiger partial charge in [-0.25, -0.2) is 4.39 Å². The Morgan fingerprint density at radius 3 is 2.48 bits per heavy atom. The quantitative estimate of drug-likeness (QED) is 0.646. The van der Waals surface area contributed by atoms with Crippen LogP contribution in [0.3, 0.4) is 0 Å². The Bertz CT molecular complexity index is 720. The number of hydrogen-bond acceptors (Lipinski definition) is 5. The lowest BCUT2D eigenvalue weighted by molar-refractivity contribution is -0.191. The number of carbonyl (C=O) groups excluding carboxylic acids is 2. The Kier molecular flexibility index (Phi) is 7.67. The molecule has 1 aliphatic heterocycles. The summed E-state index contributed by atoms with van der Waals surface area (Å²) in [5, 5.41) is 3.68. The van der Waals surface area contributed by atoms with E-state index in [0.717, 1.165) is 31.5 Å². The molecular weight excluding hydrogens is 339 g/mol. The van der Waals surface area contributed by atoms with Crippen LogP contribution in [-0.2, 0) is 16.0 Å². The minimum Gasteiger partial charge on any atom is -0.320 e. The third-order valence-corrected chi connectivity index (χ3v) is 5.24. The second-order valence-electron chi connectivity index (χ2n) is 5.64. The second-order valence-corrected chi connectivity index (χ2v) is 6.88. The predicted molar refractivity (Wildman–Crippen MR) is 98.2 cm³/mol. The highest BCUT2D eigenvalue weighted by Gasteiger charge is 2.27. The van der Waals surface area contributed by atoms with Crippen LogP contribution in [-0.4, -0.2) is 25.0 Å². The maximum Gasteiger partial charge on any atom is 0.373 e. The van der Waals surface area contributed by atoms with Gasteiger partial charge in [-0.15, -0.1) is 0 Å². The predicted octanol–water partition coefficient (Wildman–Crippen LogP) is 3.95. The fraction of sp³-hybridized carbons (Fsp3) is 0.316. The van der Waals surface area contributed by atoms with E-state index in [0.29, 0.717) is 10.9 Å². The zero-order chi connectivity index (χ0) is 18.1. The van der Waals surface area contributed by atoms with Crippen LogP contribution in [0.25, 0.3) is 0 Å². The molecule has 0 saturated heterocycles. The molecule has 0 spiro atoms. The topological polar surface area (TPSA) is 49.4 Å². The van der Waals surface area contributed by atoms with E-state index in [9.17, 15) is 4.39 Å². The summed E-state index contributed by atoms with van der Waals surface area (Å²) in [5.41, 5.74) is 3.07. The number of rotatable bonds is 5. The third-order valence-electron chi connectivity index (χ3n) is 3.94. The maximum atomic E-state index is 14.2. The van der Waals surface area contributed by atoms with E-state index in [1.807, 2.05) is 25.2 Å². The normalized spacial score (nSPS) is 15.6. The Hall–Kier alpha value is -2.14. The largest absolute Gasteiger partial charge is 0.373 e. The minimum absolute atomic E-state index is 0.166. The first-order chi connectivity index (χ1) is 12.2. The minimum atomic E-state index is -0.166. The van der Waals surface area contributed by atoms with Crippen LogP contribution in [0, 0.1) is 5.82 Å². The van der Waals surface area contributed by atoms with Gasteiger partial charge in [-0.05, 0) is 68.6 Å². The third kappa shape index (κ3) is 5.16. The van der Waals surface area contributed by atoms with E-state index in [1.54, 1.807) is 18.0 Å². The Morgan fingerprint density at radius 1 is 1.16 bits per heavy atom. The number of benzene rings is 2. The first-order valence-corrected chi connectivity index (χ1v) is 8.98. The van der Waals surface area contributed by atoms with Crippen molar-refractivity contribution >= 4 is 29.5 Å². The van der Waals surface area contributed by atoms with Gasteiger partial charge in [0, 0.05) is 5.25 Å². The average Bonchev–Trinajstić information content (AvgIpc) is 2.62. The highest BCUT2D eigenvalue weighted by Crippen LogP contribution is 2.44. The SMILES string of the molecule is CNCCCC1Cc2ccccc2N(c2ccccc2F)S1.O=C=O. The van der Waals surface area contributed by atoms with Crippen LogP contribution in [0.4, 0.5) is 15.8 Å². The molecule has 3 rings (SSSR count). The molecule has 0 saturated carbocycles. The van der Waals surface area contributed by atoms with E-state index < -0.39 is 0 Å². The molecule has 1 heterocycles. The van der Waals surface area contributed by atoms with E-state index in [1.165, 1.54) is 11.6 Å². The Balaban J connectivity index is 0.000000701. The lowest BCUT2D eigenvalue weighted by Gasteiger charge is -2.35. The lowest BCUT2D eigenvalue weighted by Crippen LogP contribution is -2.25. The van der Waals surface area contributed by atoms with Gasteiger partial charge in [0.25, 0.3) is 0 Å². The number of nitrogens with zero attached hydrogens (tertiary/aromatic N) is 1. The molecule has 132 valence electrons. The molecule has 4 nitrogen and oxygen atoms in total. The van der Waals surface area contributed by atoms with E-state index in [2.05, 4.69) is 27.8 Å². The van der Waals surface area contributed by atoms with Crippen LogP contribution in [0.2, 0.25) is 0 Å². The highest BCUT2D eigenvalue weighted by atomic mass is 32.2. The number of halogens is 1. The average molecular weight is 360 g/mol. The van der Waals surface area contributed by atoms with Crippen LogP contribution in [0.15, 0.2) is 48.5 Å². The van der Waals surface area contributed by atoms with E-state index >= 15 is 0 Å². The van der Waals surface area contributed by atoms with Crippen LogP contribution < -0.4 is 9.62 Å². The molecule has 25 heavy (non-hydrogen) atoms. The standard InChI is InChI=1S/C18H21FN2S.CO2/c1-20-12-6-8-15-13-14-7-2-4-10-17(14)21(22-15)18-11-5-3-9-16(18)19;2-1-3/h2-5,7,9-11,15,20H,6,8,12-13H2,1H3;. The van der Waals surface area contributed by atoms with E-state index in [-0.39, 0.29) is 12.0 Å². The molecule has 0 bridgehead atoms. The van der Waals surface area contributed by atoms with Crippen molar-refractivity contribution in [2.24, 2.45) is 0 Å². The molecular formula is C19H21FN2O2S. The molecule has 1 atom stereocenters. The van der Waals surface area contributed by atoms with Crippen molar-refractivity contribution in [3.05, 3.63) is 59.9 Å².